The average molecular weight is 462 g/mol. The molecular weight excluding hydrogens is 426 g/mol. The summed E-state index contributed by atoms with van der Waals surface area (Å²) in [6.07, 6.45) is 2.95. The lowest BCUT2D eigenvalue weighted by atomic mass is 9.98. The molecule has 0 aliphatic carbocycles. The monoisotopic (exact) mass is 461 g/mol. The second kappa shape index (κ2) is 9.35. The normalized spacial score (nSPS) is 18.2. The van der Waals surface area contributed by atoms with Crippen molar-refractivity contribution in [2.24, 2.45) is 5.92 Å². The lowest BCUT2D eigenvalue weighted by molar-refractivity contribution is 0.0138. The number of benzene rings is 1. The highest BCUT2D eigenvalue weighted by atomic mass is 32.2. The molecule has 1 unspecified atom stereocenters. The number of aryl methyl sites for hydroxylation is 1. The fraction of sp³-hybridized carbons (Fsp3) is 0.583. The number of piperidine rings is 1. The molecule has 1 atom stereocenters. The van der Waals surface area contributed by atoms with Gasteiger partial charge >= 0.3 is 6.09 Å². The van der Waals surface area contributed by atoms with Crippen LogP contribution in [0.5, 0.6) is 0 Å². The predicted molar refractivity (Wildman–Crippen MR) is 126 cm³/mol. The molecule has 0 bridgehead atoms. The van der Waals surface area contributed by atoms with Crippen molar-refractivity contribution in [2.45, 2.75) is 70.9 Å². The van der Waals surface area contributed by atoms with Crippen LogP contribution in [0.25, 0.3) is 10.9 Å². The molecule has 0 N–H and O–H groups in total. The van der Waals surface area contributed by atoms with Gasteiger partial charge in [-0.2, -0.15) is 4.31 Å². The van der Waals surface area contributed by atoms with Crippen molar-refractivity contribution >= 4 is 27.0 Å². The van der Waals surface area contributed by atoms with Gasteiger partial charge in [0, 0.05) is 37.3 Å². The Hall–Kier alpha value is -2.19. The number of rotatable bonds is 5. The minimum Gasteiger partial charge on any atom is -0.444 e. The second-order valence-corrected chi connectivity index (χ2v) is 11.8. The van der Waals surface area contributed by atoms with Gasteiger partial charge in [-0.3, -0.25) is 4.98 Å². The summed E-state index contributed by atoms with van der Waals surface area (Å²) in [5.41, 5.74) is 0.907. The Morgan fingerprint density at radius 3 is 2.69 bits per heavy atom. The molecule has 32 heavy (non-hydrogen) atoms. The van der Waals surface area contributed by atoms with E-state index in [1.54, 1.807) is 27.5 Å². The van der Waals surface area contributed by atoms with Crippen molar-refractivity contribution < 1.29 is 17.9 Å². The Labute approximate surface area is 191 Å². The van der Waals surface area contributed by atoms with E-state index < -0.39 is 15.6 Å². The zero-order valence-corrected chi connectivity index (χ0v) is 20.8. The number of para-hydroxylation sites is 1. The highest BCUT2D eigenvalue weighted by Crippen LogP contribution is 2.29. The average Bonchev–Trinajstić information content (AvgIpc) is 2.70. The van der Waals surface area contributed by atoms with E-state index in [0.29, 0.717) is 25.2 Å². The standard InChI is InChI=1S/C24H35N3O4S/c1-17(2)27(23(28)31-24(4,5)6)16-19-9-8-12-26(15-19)32(29,30)21-11-7-10-20-13-18(3)14-25-22(20)21/h7,10-11,13-14,17,19H,8-9,12,15-16H2,1-6H3. The summed E-state index contributed by atoms with van der Waals surface area (Å²) in [6, 6.07) is 7.18. The predicted octanol–water partition coefficient (Wildman–Crippen LogP) is 4.59. The summed E-state index contributed by atoms with van der Waals surface area (Å²) in [5.74, 6) is 0.0404. The van der Waals surface area contributed by atoms with Crippen LogP contribution >= 0.6 is 0 Å². The Kier molecular flexibility index (Phi) is 7.15. The Balaban J connectivity index is 1.81. The maximum absolute atomic E-state index is 13.6. The van der Waals surface area contributed by atoms with E-state index in [4.69, 9.17) is 4.74 Å². The Morgan fingerprint density at radius 2 is 2.03 bits per heavy atom. The van der Waals surface area contributed by atoms with E-state index in [1.807, 2.05) is 53.7 Å². The first-order valence-electron chi connectivity index (χ1n) is 11.2. The Morgan fingerprint density at radius 1 is 1.31 bits per heavy atom. The molecular formula is C24H35N3O4S. The van der Waals surface area contributed by atoms with Crippen LogP contribution in [0.4, 0.5) is 4.79 Å². The summed E-state index contributed by atoms with van der Waals surface area (Å²) >= 11 is 0. The van der Waals surface area contributed by atoms with E-state index in [9.17, 15) is 13.2 Å². The Bertz CT molecular complexity index is 1080. The third-order valence-electron chi connectivity index (χ3n) is 5.62. The molecule has 1 saturated heterocycles. The SMILES string of the molecule is Cc1cnc2c(S(=O)(=O)N3CCCC(CN(C(=O)OC(C)(C)C)C(C)C)C3)cccc2c1. The summed E-state index contributed by atoms with van der Waals surface area (Å²) in [6.45, 7) is 12.7. The molecule has 1 aromatic heterocycles. The molecule has 1 aromatic carbocycles. The molecule has 2 aromatic rings. The summed E-state index contributed by atoms with van der Waals surface area (Å²) in [7, 11) is -3.70. The summed E-state index contributed by atoms with van der Waals surface area (Å²) in [4.78, 5) is 19.1. The molecule has 3 rings (SSSR count). The van der Waals surface area contributed by atoms with Gasteiger partial charge in [0.15, 0.2) is 0 Å². The number of hydrogen-bond donors (Lipinski definition) is 0. The lowest BCUT2D eigenvalue weighted by Gasteiger charge is -2.37. The first kappa shape index (κ1) is 24.5. The minimum atomic E-state index is -3.70. The zero-order chi connectivity index (χ0) is 23.7. The van der Waals surface area contributed by atoms with E-state index in [0.717, 1.165) is 23.8 Å². The number of fused-ring (bicyclic) bond motifs is 1. The van der Waals surface area contributed by atoms with E-state index in [2.05, 4.69) is 4.98 Å². The number of ether oxygens (including phenoxy) is 1. The van der Waals surface area contributed by atoms with Crippen molar-refractivity contribution in [1.82, 2.24) is 14.2 Å². The smallest absolute Gasteiger partial charge is 0.410 e. The number of carbonyl (C=O) groups excluding carboxylic acids is 1. The molecule has 8 heteroatoms. The van der Waals surface area contributed by atoms with Crippen LogP contribution in [0.2, 0.25) is 0 Å². The van der Waals surface area contributed by atoms with Crippen molar-refractivity contribution in [1.29, 1.82) is 0 Å². The highest BCUT2D eigenvalue weighted by molar-refractivity contribution is 7.89. The van der Waals surface area contributed by atoms with Gasteiger partial charge in [-0.05, 0) is 78.0 Å². The molecule has 1 aliphatic rings. The van der Waals surface area contributed by atoms with E-state index >= 15 is 0 Å². The molecule has 176 valence electrons. The van der Waals surface area contributed by atoms with Crippen LogP contribution in [0.3, 0.4) is 0 Å². The van der Waals surface area contributed by atoms with Crippen LogP contribution in [0.15, 0.2) is 35.4 Å². The largest absolute Gasteiger partial charge is 0.444 e. The van der Waals surface area contributed by atoms with Crippen LogP contribution in [-0.4, -0.2) is 60.0 Å². The van der Waals surface area contributed by atoms with Gasteiger partial charge in [0.1, 0.15) is 10.5 Å². The third-order valence-corrected chi connectivity index (χ3v) is 7.51. The van der Waals surface area contributed by atoms with E-state index in [-0.39, 0.29) is 22.9 Å². The fourth-order valence-corrected chi connectivity index (χ4v) is 5.80. The van der Waals surface area contributed by atoms with Gasteiger partial charge in [-0.25, -0.2) is 13.2 Å². The summed E-state index contributed by atoms with van der Waals surface area (Å²) < 4.78 is 34.2. The van der Waals surface area contributed by atoms with Crippen LogP contribution in [0.1, 0.15) is 53.0 Å². The topological polar surface area (TPSA) is 79.8 Å². The van der Waals surface area contributed by atoms with Crippen molar-refractivity contribution in [2.75, 3.05) is 19.6 Å². The van der Waals surface area contributed by atoms with Gasteiger partial charge in [-0.15, -0.1) is 0 Å². The van der Waals surface area contributed by atoms with Gasteiger partial charge in [0.2, 0.25) is 10.0 Å². The third kappa shape index (κ3) is 5.59. The number of carbonyl (C=O) groups is 1. The van der Waals surface area contributed by atoms with Crippen molar-refractivity contribution in [3.05, 3.63) is 36.0 Å². The van der Waals surface area contributed by atoms with Gasteiger partial charge in [-0.1, -0.05) is 12.1 Å². The molecule has 0 radical (unpaired) electrons. The first-order chi connectivity index (χ1) is 14.9. The molecule has 2 heterocycles. The van der Waals surface area contributed by atoms with Gasteiger partial charge in [0.25, 0.3) is 0 Å². The molecule has 7 nitrogen and oxygen atoms in total. The van der Waals surface area contributed by atoms with Gasteiger partial charge in [0.05, 0.1) is 5.52 Å². The van der Waals surface area contributed by atoms with Crippen LogP contribution in [0, 0.1) is 12.8 Å². The molecule has 0 spiro atoms. The van der Waals surface area contributed by atoms with Crippen molar-refractivity contribution in [3.63, 3.8) is 0 Å². The minimum absolute atomic E-state index is 0.0395. The molecule has 0 saturated carbocycles. The maximum atomic E-state index is 13.6. The fourth-order valence-electron chi connectivity index (χ4n) is 4.08. The molecule has 1 fully saturated rings. The van der Waals surface area contributed by atoms with Crippen molar-refractivity contribution in [3.8, 4) is 0 Å². The highest BCUT2D eigenvalue weighted by Gasteiger charge is 2.34. The number of sulfonamides is 1. The number of aromatic nitrogens is 1. The summed E-state index contributed by atoms with van der Waals surface area (Å²) in [5, 5.41) is 0.815. The number of pyridine rings is 1. The van der Waals surface area contributed by atoms with Crippen LogP contribution in [-0.2, 0) is 14.8 Å². The van der Waals surface area contributed by atoms with E-state index in [1.165, 1.54) is 0 Å². The number of nitrogens with zero attached hydrogens (tertiary/aromatic N) is 3. The zero-order valence-electron chi connectivity index (χ0n) is 20.0. The lowest BCUT2D eigenvalue weighted by Crippen LogP contribution is -2.48. The quantitative estimate of drug-likeness (QED) is 0.651. The number of hydrogen-bond acceptors (Lipinski definition) is 5. The number of amides is 1. The van der Waals surface area contributed by atoms with Crippen LogP contribution < -0.4 is 0 Å². The first-order valence-corrected chi connectivity index (χ1v) is 12.7. The second-order valence-electron chi connectivity index (χ2n) is 9.94. The molecule has 1 amide bonds. The maximum Gasteiger partial charge on any atom is 0.410 e. The van der Waals surface area contributed by atoms with Gasteiger partial charge < -0.3 is 9.64 Å². The molecule has 1 aliphatic heterocycles.